The summed E-state index contributed by atoms with van der Waals surface area (Å²) in [4.78, 5) is 10.5. The predicted octanol–water partition coefficient (Wildman–Crippen LogP) is 1.18. The summed E-state index contributed by atoms with van der Waals surface area (Å²) in [5.74, 6) is 0.464. The van der Waals surface area contributed by atoms with Crippen molar-refractivity contribution in [2.75, 3.05) is 0 Å². The molecule has 2 saturated carbocycles. The molecule has 18 heavy (non-hydrogen) atoms. The van der Waals surface area contributed by atoms with Gasteiger partial charge in [-0.25, -0.2) is 0 Å². The van der Waals surface area contributed by atoms with Crippen molar-refractivity contribution >= 4 is 5.78 Å². The van der Waals surface area contributed by atoms with Crippen LogP contribution >= 0.6 is 0 Å². The zero-order valence-corrected chi connectivity index (χ0v) is 18.6. The summed E-state index contributed by atoms with van der Waals surface area (Å²) in [7, 11) is 0. The minimum absolute atomic E-state index is 0. The summed E-state index contributed by atoms with van der Waals surface area (Å²) in [5, 5.41) is 8.91. The Hall–Kier alpha value is 2.28. The third-order valence-electron chi connectivity index (χ3n) is 2.99. The molecule has 2 fully saturated rings. The molecule has 6 heteroatoms. The summed E-state index contributed by atoms with van der Waals surface area (Å²) in [6.45, 7) is 0. The molecule has 2 radical (unpaired) electrons. The molecule has 0 aromatic heterocycles. The number of rotatable bonds is 0. The standard InChI is InChI=1S/C6H12O.C6H10O.2H2O.2Pr/c2*7-6-4-2-1-3-5-6;;;;/h6-7H,1-5H2;1-5H2;2*1H2;;. The number of aliphatic hydroxyl groups is 1. The maximum Gasteiger partial charge on any atom is 0.132 e. The van der Waals surface area contributed by atoms with Gasteiger partial charge in [0.15, 0.2) is 0 Å². The van der Waals surface area contributed by atoms with Crippen LogP contribution in [0.2, 0.25) is 0 Å². The number of carbonyl (C=O) groups is 1. The van der Waals surface area contributed by atoms with E-state index in [2.05, 4.69) is 0 Å². The van der Waals surface area contributed by atoms with Gasteiger partial charge in [-0.3, -0.25) is 4.79 Å². The molecule has 0 bridgehead atoms. The first-order valence-electron chi connectivity index (χ1n) is 5.99. The van der Waals surface area contributed by atoms with Gasteiger partial charge >= 0.3 is 0 Å². The van der Waals surface area contributed by atoms with Gasteiger partial charge in [-0.15, -0.1) is 0 Å². The van der Waals surface area contributed by atoms with Gasteiger partial charge in [-0.2, -0.15) is 0 Å². The SMILES string of the molecule is O.O.O=C1CCCCC1.OC1CCCCC1.[Pr].[Pr]. The second kappa shape index (κ2) is 19.3. The van der Waals surface area contributed by atoms with Crippen molar-refractivity contribution in [3.05, 3.63) is 0 Å². The van der Waals surface area contributed by atoms with Gasteiger partial charge in [-0.1, -0.05) is 25.7 Å². The fraction of sp³-hybridized carbons (Fsp3) is 0.917. The molecule has 0 amide bonds. The molecule has 5 N–H and O–H groups in total. The number of ketones is 1. The Balaban J connectivity index is -0.0000000891. The van der Waals surface area contributed by atoms with Crippen LogP contribution in [0.25, 0.3) is 0 Å². The van der Waals surface area contributed by atoms with Gasteiger partial charge in [-0.05, 0) is 25.7 Å². The van der Waals surface area contributed by atoms with E-state index in [1.807, 2.05) is 0 Å². The second-order valence-electron chi connectivity index (χ2n) is 4.39. The first kappa shape index (κ1) is 28.4. The van der Waals surface area contributed by atoms with Crippen molar-refractivity contribution in [3.63, 3.8) is 0 Å². The molecule has 0 heterocycles. The van der Waals surface area contributed by atoms with Crippen LogP contribution in [0.15, 0.2) is 0 Å². The Morgan fingerprint density at radius 2 is 1.17 bits per heavy atom. The van der Waals surface area contributed by atoms with Gasteiger partial charge in [0.25, 0.3) is 0 Å². The predicted molar refractivity (Wildman–Crippen MR) is 64.4 cm³/mol. The molecule has 0 saturated heterocycles. The van der Waals surface area contributed by atoms with Gasteiger partial charge in [0.05, 0.1) is 6.10 Å². The smallest absolute Gasteiger partial charge is 0.132 e. The van der Waals surface area contributed by atoms with E-state index in [4.69, 9.17) is 5.11 Å². The molecule has 104 valence electrons. The van der Waals surface area contributed by atoms with Crippen LogP contribution in [0.1, 0.15) is 64.2 Å². The quantitative estimate of drug-likeness (QED) is 0.524. The van der Waals surface area contributed by atoms with Crippen LogP contribution in [0, 0.1) is 82.6 Å². The van der Waals surface area contributed by atoms with Crippen LogP contribution in [0.5, 0.6) is 0 Å². The number of Topliss-reactive ketones (excluding diaryl/α,β-unsaturated/α-hetero) is 1. The Morgan fingerprint density at radius 1 is 0.778 bits per heavy atom. The van der Waals surface area contributed by atoms with E-state index in [9.17, 15) is 4.79 Å². The van der Waals surface area contributed by atoms with Crippen LogP contribution in [-0.4, -0.2) is 27.9 Å². The first-order chi connectivity index (χ1) is 6.79. The normalized spacial score (nSPS) is 18.6. The molecule has 0 atom stereocenters. The number of aliphatic hydroxyl groups excluding tert-OH is 1. The third-order valence-corrected chi connectivity index (χ3v) is 2.99. The molecule has 0 aliphatic heterocycles. The average Bonchev–Trinajstić information content (AvgIpc) is 2.21. The molecule has 2 aliphatic rings. The summed E-state index contributed by atoms with van der Waals surface area (Å²) < 4.78 is 0. The fourth-order valence-corrected chi connectivity index (χ4v) is 2.03. The van der Waals surface area contributed by atoms with Gasteiger partial charge in [0, 0.05) is 95.4 Å². The minimum atomic E-state index is 0. The summed E-state index contributed by atoms with van der Waals surface area (Å²) in [5.41, 5.74) is 0. The Labute approximate surface area is 177 Å². The zero-order valence-electron chi connectivity index (χ0n) is 11.2. The van der Waals surface area contributed by atoms with Crippen molar-refractivity contribution in [3.8, 4) is 0 Å². The second-order valence-corrected chi connectivity index (χ2v) is 4.39. The van der Waals surface area contributed by atoms with Gasteiger partial charge in [0.1, 0.15) is 5.78 Å². The monoisotopic (exact) mass is 516 g/mol. The van der Waals surface area contributed by atoms with Crippen LogP contribution in [0.3, 0.4) is 0 Å². The molecule has 4 nitrogen and oxygen atoms in total. The summed E-state index contributed by atoms with van der Waals surface area (Å²) in [6.07, 6.45) is 11.2. The van der Waals surface area contributed by atoms with Gasteiger partial charge in [0.2, 0.25) is 0 Å². The number of carbonyl (C=O) groups excluding carboxylic acids is 1. The summed E-state index contributed by atoms with van der Waals surface area (Å²) >= 11 is 0. The van der Waals surface area contributed by atoms with E-state index in [0.29, 0.717) is 5.78 Å². The van der Waals surface area contributed by atoms with E-state index >= 15 is 0 Å². The van der Waals surface area contributed by atoms with Crippen molar-refractivity contribution in [1.29, 1.82) is 0 Å². The van der Waals surface area contributed by atoms with Crippen molar-refractivity contribution in [1.82, 2.24) is 0 Å². The molecule has 0 aromatic carbocycles. The maximum absolute atomic E-state index is 10.5. The number of hydrogen-bond acceptors (Lipinski definition) is 2. The van der Waals surface area contributed by atoms with E-state index < -0.39 is 0 Å². The summed E-state index contributed by atoms with van der Waals surface area (Å²) in [6, 6.07) is 0. The molecule has 0 unspecified atom stereocenters. The topological polar surface area (TPSA) is 100 Å². The Bertz CT molecular complexity index is 165. The Morgan fingerprint density at radius 3 is 1.39 bits per heavy atom. The first-order valence-corrected chi connectivity index (χ1v) is 5.99. The molecule has 2 aliphatic carbocycles. The van der Waals surface area contributed by atoms with Gasteiger partial charge < -0.3 is 16.1 Å². The average molecular weight is 516 g/mol. The Kier molecular flexibility index (Phi) is 30.5. The number of hydrogen-bond donors (Lipinski definition) is 1. The van der Waals surface area contributed by atoms with Crippen LogP contribution in [-0.2, 0) is 4.79 Å². The van der Waals surface area contributed by atoms with E-state index in [0.717, 1.165) is 38.5 Å². The molecule has 0 spiro atoms. The van der Waals surface area contributed by atoms with Crippen molar-refractivity contribution in [2.24, 2.45) is 0 Å². The third kappa shape index (κ3) is 16.3. The van der Waals surface area contributed by atoms with E-state index in [1.54, 1.807) is 0 Å². The van der Waals surface area contributed by atoms with Crippen molar-refractivity contribution < 1.29 is 103 Å². The molecular formula is C12H26O4Pr2. The molecule has 0 aromatic rings. The zero-order chi connectivity index (χ0) is 10.2. The largest absolute Gasteiger partial charge is 0.412 e. The molecule has 2 rings (SSSR count). The fourth-order valence-electron chi connectivity index (χ4n) is 2.03. The van der Waals surface area contributed by atoms with Crippen LogP contribution in [0.4, 0.5) is 0 Å². The van der Waals surface area contributed by atoms with E-state index in [1.165, 1.54) is 25.7 Å². The minimum Gasteiger partial charge on any atom is -0.412 e. The molecular weight excluding hydrogens is 490 g/mol. The maximum atomic E-state index is 10.5. The van der Waals surface area contributed by atoms with E-state index in [-0.39, 0.29) is 99.6 Å². The van der Waals surface area contributed by atoms with Crippen molar-refractivity contribution in [2.45, 2.75) is 70.3 Å². The van der Waals surface area contributed by atoms with Crippen LogP contribution < -0.4 is 0 Å².